The zero-order valence-corrected chi connectivity index (χ0v) is 15.4. The first-order chi connectivity index (χ1) is 14.1. The fourth-order valence-electron chi connectivity index (χ4n) is 3.81. The van der Waals surface area contributed by atoms with E-state index >= 15 is 0 Å². The van der Waals surface area contributed by atoms with E-state index in [1.807, 2.05) is 41.0 Å². The monoisotopic (exact) mass is 383 g/mol. The van der Waals surface area contributed by atoms with Crippen LogP contribution in [0.1, 0.15) is 15.9 Å². The Morgan fingerprint density at radius 3 is 2.69 bits per heavy atom. The number of primary amides is 1. The van der Waals surface area contributed by atoms with Crippen LogP contribution in [0.2, 0.25) is 0 Å². The highest BCUT2D eigenvalue weighted by molar-refractivity contribution is 6.18. The average Bonchev–Trinajstić information content (AvgIpc) is 3.36. The Morgan fingerprint density at radius 1 is 1.07 bits per heavy atom. The van der Waals surface area contributed by atoms with Crippen LogP contribution >= 0.6 is 0 Å². The summed E-state index contributed by atoms with van der Waals surface area (Å²) in [5, 5.41) is 1.48. The van der Waals surface area contributed by atoms with Crippen LogP contribution in [-0.2, 0) is 6.54 Å². The van der Waals surface area contributed by atoms with Crippen molar-refractivity contribution in [1.82, 2.24) is 4.57 Å². The number of carbonyl (C=O) groups is 1. The van der Waals surface area contributed by atoms with Gasteiger partial charge in [-0.05, 0) is 48.5 Å². The molecule has 2 heterocycles. The third-order valence-electron chi connectivity index (χ3n) is 5.15. The average molecular weight is 383 g/mol. The van der Waals surface area contributed by atoms with Crippen LogP contribution in [0.15, 0.2) is 77.4 Å². The number of furan rings is 1. The summed E-state index contributed by atoms with van der Waals surface area (Å²) in [5.41, 5.74) is 9.07. The molecular weight excluding hydrogens is 367 g/mol. The van der Waals surface area contributed by atoms with Gasteiger partial charge < -0.3 is 14.7 Å². The van der Waals surface area contributed by atoms with Crippen LogP contribution in [0.4, 0.5) is 4.39 Å². The second kappa shape index (κ2) is 6.63. The number of rotatable bonds is 4. The maximum Gasteiger partial charge on any atom is 0.249 e. The van der Waals surface area contributed by atoms with Crippen LogP contribution < -0.4 is 5.73 Å². The molecule has 5 rings (SSSR count). The van der Waals surface area contributed by atoms with Gasteiger partial charge >= 0.3 is 0 Å². The second-order valence-corrected chi connectivity index (χ2v) is 6.87. The zero-order chi connectivity index (χ0) is 20.0. The Hall–Kier alpha value is -3.86. The molecule has 0 atom stereocenters. The molecule has 1 amide bonds. The minimum absolute atomic E-state index is 0.278. The largest absolute Gasteiger partial charge is 0.464 e. The standard InChI is InChI=1S/C24H16FN2O2/c25-19-7-2-1-5-16(19)14-27-20-8-3-6-18(24(26)28)23(20)17-11-10-15(13-21(17)27)22-9-4-12-29-22/h1-10,12-13H,14H2,(H2,26,28). The molecule has 0 bridgehead atoms. The van der Waals surface area contributed by atoms with Crippen molar-refractivity contribution in [3.05, 3.63) is 96.0 Å². The molecule has 0 aliphatic heterocycles. The third kappa shape index (κ3) is 2.79. The first-order valence-corrected chi connectivity index (χ1v) is 9.17. The highest BCUT2D eigenvalue weighted by atomic mass is 19.1. The highest BCUT2D eigenvalue weighted by Crippen LogP contribution is 2.35. The molecule has 4 nitrogen and oxygen atoms in total. The van der Waals surface area contributed by atoms with Gasteiger partial charge in [-0.25, -0.2) is 4.39 Å². The molecule has 2 aromatic heterocycles. The summed E-state index contributed by atoms with van der Waals surface area (Å²) in [5.74, 6) is -0.0789. The molecule has 0 unspecified atom stereocenters. The van der Waals surface area contributed by atoms with Crippen molar-refractivity contribution in [2.75, 3.05) is 0 Å². The highest BCUT2D eigenvalue weighted by Gasteiger charge is 2.18. The Kier molecular flexibility index (Phi) is 3.95. The SMILES string of the molecule is NC(=O)c1cccc2c1c1[c]cc(-c3ccco3)cc1n2Cc1ccccc1F. The van der Waals surface area contributed by atoms with Crippen molar-refractivity contribution < 1.29 is 13.6 Å². The summed E-state index contributed by atoms with van der Waals surface area (Å²) in [6.45, 7) is 0.310. The quantitative estimate of drug-likeness (QED) is 0.467. The van der Waals surface area contributed by atoms with Gasteiger partial charge in [0.1, 0.15) is 11.6 Å². The van der Waals surface area contributed by atoms with E-state index in [0.717, 1.165) is 27.4 Å². The van der Waals surface area contributed by atoms with Gasteiger partial charge in [0.25, 0.3) is 0 Å². The Labute approximate surface area is 166 Å². The van der Waals surface area contributed by atoms with Crippen molar-refractivity contribution in [2.24, 2.45) is 5.73 Å². The predicted octanol–water partition coefficient (Wildman–Crippen LogP) is 5.14. The van der Waals surface area contributed by atoms with Crippen molar-refractivity contribution in [3.8, 4) is 11.3 Å². The summed E-state index contributed by atoms with van der Waals surface area (Å²) in [6, 6.07) is 22.8. The maximum atomic E-state index is 14.4. The van der Waals surface area contributed by atoms with Gasteiger partial charge in [-0.3, -0.25) is 4.79 Å². The van der Waals surface area contributed by atoms with Gasteiger partial charge in [-0.2, -0.15) is 0 Å². The molecule has 0 saturated carbocycles. The van der Waals surface area contributed by atoms with E-state index in [1.165, 1.54) is 6.07 Å². The number of hydrogen-bond acceptors (Lipinski definition) is 2. The molecule has 0 spiro atoms. The number of fused-ring (bicyclic) bond motifs is 3. The lowest BCUT2D eigenvalue weighted by Gasteiger charge is -2.09. The molecule has 1 radical (unpaired) electrons. The van der Waals surface area contributed by atoms with Crippen LogP contribution in [0.3, 0.4) is 0 Å². The van der Waals surface area contributed by atoms with Gasteiger partial charge in [0.15, 0.2) is 0 Å². The van der Waals surface area contributed by atoms with Gasteiger partial charge in [-0.1, -0.05) is 24.3 Å². The van der Waals surface area contributed by atoms with E-state index in [4.69, 9.17) is 10.2 Å². The molecule has 0 aliphatic rings. The molecular formula is C24H16FN2O2. The molecule has 141 valence electrons. The van der Waals surface area contributed by atoms with Crippen LogP contribution in [0, 0.1) is 11.9 Å². The predicted molar refractivity (Wildman–Crippen MR) is 110 cm³/mol. The van der Waals surface area contributed by atoms with Gasteiger partial charge in [-0.15, -0.1) is 0 Å². The first-order valence-electron chi connectivity index (χ1n) is 9.17. The summed E-state index contributed by atoms with van der Waals surface area (Å²) < 4.78 is 21.9. The second-order valence-electron chi connectivity index (χ2n) is 6.87. The Bertz CT molecular complexity index is 1370. The number of nitrogens with two attached hydrogens (primary N) is 1. The zero-order valence-electron chi connectivity index (χ0n) is 15.4. The van der Waals surface area contributed by atoms with Crippen LogP contribution in [0.25, 0.3) is 33.1 Å². The van der Waals surface area contributed by atoms with E-state index in [0.29, 0.717) is 23.4 Å². The van der Waals surface area contributed by atoms with Crippen LogP contribution in [-0.4, -0.2) is 10.5 Å². The number of hydrogen-bond donors (Lipinski definition) is 1. The summed E-state index contributed by atoms with van der Waals surface area (Å²) in [4.78, 5) is 12.1. The fourth-order valence-corrected chi connectivity index (χ4v) is 3.81. The molecule has 0 aliphatic carbocycles. The van der Waals surface area contributed by atoms with E-state index in [1.54, 1.807) is 30.5 Å². The lowest BCUT2D eigenvalue weighted by molar-refractivity contribution is 0.100. The Morgan fingerprint density at radius 2 is 1.93 bits per heavy atom. The summed E-state index contributed by atoms with van der Waals surface area (Å²) in [6.07, 6.45) is 1.61. The van der Waals surface area contributed by atoms with Crippen molar-refractivity contribution in [2.45, 2.75) is 6.54 Å². The third-order valence-corrected chi connectivity index (χ3v) is 5.15. The number of nitrogens with zero attached hydrogens (tertiary/aromatic N) is 1. The molecule has 3 aromatic carbocycles. The minimum atomic E-state index is -0.510. The fraction of sp³-hybridized carbons (Fsp3) is 0.0417. The number of aromatic nitrogens is 1. The van der Waals surface area contributed by atoms with E-state index < -0.39 is 5.91 Å². The number of halogens is 1. The molecule has 29 heavy (non-hydrogen) atoms. The van der Waals surface area contributed by atoms with E-state index in [9.17, 15) is 9.18 Å². The Balaban J connectivity index is 1.84. The summed E-state index contributed by atoms with van der Waals surface area (Å²) >= 11 is 0. The smallest absolute Gasteiger partial charge is 0.249 e. The lowest BCUT2D eigenvalue weighted by Crippen LogP contribution is -2.11. The normalized spacial score (nSPS) is 11.3. The first kappa shape index (κ1) is 17.3. The van der Waals surface area contributed by atoms with Crippen molar-refractivity contribution in [1.29, 1.82) is 0 Å². The number of benzene rings is 3. The molecule has 5 heteroatoms. The van der Waals surface area contributed by atoms with Gasteiger partial charge in [0.2, 0.25) is 5.91 Å². The van der Waals surface area contributed by atoms with Crippen LogP contribution in [0.5, 0.6) is 0 Å². The van der Waals surface area contributed by atoms with Gasteiger partial charge in [0, 0.05) is 27.5 Å². The van der Waals surface area contributed by atoms with Gasteiger partial charge in [0.05, 0.1) is 23.8 Å². The van der Waals surface area contributed by atoms with Crippen molar-refractivity contribution >= 4 is 27.7 Å². The topological polar surface area (TPSA) is 61.2 Å². The number of amides is 1. The molecule has 0 fully saturated rings. The number of carbonyl (C=O) groups excluding carboxylic acids is 1. The molecule has 5 aromatic rings. The summed E-state index contributed by atoms with van der Waals surface area (Å²) in [7, 11) is 0. The maximum absolute atomic E-state index is 14.4. The van der Waals surface area contributed by atoms with Crippen molar-refractivity contribution in [3.63, 3.8) is 0 Å². The lowest BCUT2D eigenvalue weighted by atomic mass is 10.0. The molecule has 2 N–H and O–H groups in total. The molecule has 0 saturated heterocycles. The minimum Gasteiger partial charge on any atom is -0.464 e. The van der Waals surface area contributed by atoms with E-state index in [-0.39, 0.29) is 5.82 Å². The van der Waals surface area contributed by atoms with E-state index in [2.05, 4.69) is 6.07 Å².